The predicted octanol–water partition coefficient (Wildman–Crippen LogP) is 5.60. The largest absolute Gasteiger partial charge is 0.458 e. The van der Waals surface area contributed by atoms with Gasteiger partial charge in [-0.05, 0) is 97.1 Å². The smallest absolute Gasteiger partial charge is 0.329 e. The number of carbonyl (C=O) groups excluding carboxylic acids is 7. The van der Waals surface area contributed by atoms with Crippen LogP contribution in [-0.2, 0) is 46.3 Å². The van der Waals surface area contributed by atoms with Crippen LogP contribution < -0.4 is 27.0 Å². The first-order valence-electron chi connectivity index (χ1n) is 20.8. The number of amides is 4. The lowest BCUT2D eigenvalue weighted by Crippen LogP contribution is -2.51. The third-order valence-corrected chi connectivity index (χ3v) is 9.52. The number of unbranched alkanes of at least 4 members (excludes halogenated alkanes) is 6. The molecule has 4 amide bonds. The summed E-state index contributed by atoms with van der Waals surface area (Å²) >= 11 is 0. The molecule has 0 saturated heterocycles. The van der Waals surface area contributed by atoms with Gasteiger partial charge in [-0.25, -0.2) is 9.59 Å². The van der Waals surface area contributed by atoms with Gasteiger partial charge < -0.3 is 36.5 Å². The summed E-state index contributed by atoms with van der Waals surface area (Å²) in [6, 6.07) is 15.3. The zero-order valence-electron chi connectivity index (χ0n) is 35.2. The number of benzene rings is 2. The Morgan fingerprint density at radius 3 is 1.74 bits per heavy atom. The highest BCUT2D eigenvalue weighted by atomic mass is 16.6. The highest BCUT2D eigenvalue weighted by molar-refractivity contribution is 5.91. The summed E-state index contributed by atoms with van der Waals surface area (Å²) < 4.78 is 5.49. The van der Waals surface area contributed by atoms with Crippen molar-refractivity contribution in [2.75, 3.05) is 6.54 Å². The molecule has 0 saturated carbocycles. The van der Waals surface area contributed by atoms with E-state index in [1.54, 1.807) is 20.8 Å². The number of hydrogen-bond donors (Lipinski definition) is 5. The molecule has 0 aromatic heterocycles. The van der Waals surface area contributed by atoms with Gasteiger partial charge in [-0.3, -0.25) is 19.2 Å². The highest BCUT2D eigenvalue weighted by Gasteiger charge is 2.28. The van der Waals surface area contributed by atoms with Crippen LogP contribution in [-0.4, -0.2) is 77.5 Å². The van der Waals surface area contributed by atoms with E-state index >= 15 is 0 Å². The SMILES string of the molecule is CC(=O)CC[C@H](NC(=O)N[C@@H](CCCCNC(=O)CCCCCCCCC(=O)[C@@H](Cc1ccccc1)NC(=O)[C@H](N)Cc1ccccc1)C(=O)OC(C)(C)C)C(C)=O. The van der Waals surface area contributed by atoms with Gasteiger partial charge in [0.05, 0.1) is 18.1 Å². The molecule has 6 N–H and O–H groups in total. The monoisotopic (exact) mass is 805 g/mol. The summed E-state index contributed by atoms with van der Waals surface area (Å²) in [6.45, 7) is 8.35. The zero-order valence-corrected chi connectivity index (χ0v) is 35.2. The van der Waals surface area contributed by atoms with Crippen molar-refractivity contribution in [3.63, 3.8) is 0 Å². The van der Waals surface area contributed by atoms with E-state index in [4.69, 9.17) is 10.5 Å². The Morgan fingerprint density at radius 1 is 0.621 bits per heavy atom. The van der Waals surface area contributed by atoms with Crippen molar-refractivity contribution < 1.29 is 38.3 Å². The summed E-state index contributed by atoms with van der Waals surface area (Å²) in [6.07, 6.45) is 8.33. The van der Waals surface area contributed by atoms with Crippen molar-refractivity contribution >= 4 is 41.2 Å². The molecule has 4 atom stereocenters. The maximum Gasteiger partial charge on any atom is 0.329 e. The van der Waals surface area contributed by atoms with Gasteiger partial charge in [0.25, 0.3) is 0 Å². The van der Waals surface area contributed by atoms with Gasteiger partial charge in [0.1, 0.15) is 17.4 Å². The number of esters is 1. The summed E-state index contributed by atoms with van der Waals surface area (Å²) in [5, 5.41) is 11.0. The Labute approximate surface area is 344 Å². The van der Waals surface area contributed by atoms with Crippen LogP contribution in [0.1, 0.15) is 129 Å². The molecule has 0 aliphatic carbocycles. The molecule has 0 aliphatic rings. The number of nitrogens with one attached hydrogen (secondary N) is 4. The van der Waals surface area contributed by atoms with Gasteiger partial charge in [-0.1, -0.05) is 86.3 Å². The van der Waals surface area contributed by atoms with Crippen molar-refractivity contribution in [3.05, 3.63) is 71.8 Å². The minimum atomic E-state index is -0.959. The van der Waals surface area contributed by atoms with Crippen LogP contribution in [0.4, 0.5) is 4.79 Å². The Bertz CT molecular complexity index is 1590. The standard InChI is InChI=1S/C45H67N5O8/c1-32(51)27-28-37(33(2)52)49-44(57)50-38(43(56)58-45(3,4)5)24-18-19-29-47-41(54)26-17-9-7-6-8-16-25-40(53)39(31-35-22-14-11-15-23-35)48-42(55)36(46)30-34-20-12-10-13-21-34/h10-15,20-23,36-39H,6-9,16-19,24-31,46H2,1-5H3,(H,47,54)(H,48,55)(H2,49,50,57)/t36-,37+,38+,39-/m1/s1. The van der Waals surface area contributed by atoms with Gasteiger partial charge in [0.2, 0.25) is 11.8 Å². The first kappa shape index (κ1) is 49.2. The number of hydrogen-bond acceptors (Lipinski definition) is 9. The van der Waals surface area contributed by atoms with Crippen LogP contribution in [0.15, 0.2) is 60.7 Å². The second kappa shape index (κ2) is 26.9. The lowest BCUT2D eigenvalue weighted by atomic mass is 9.97. The third kappa shape index (κ3) is 22.1. The molecule has 13 heteroatoms. The van der Waals surface area contributed by atoms with E-state index < -0.39 is 41.8 Å². The molecule has 13 nitrogen and oxygen atoms in total. The average molecular weight is 806 g/mol. The van der Waals surface area contributed by atoms with E-state index in [9.17, 15) is 33.6 Å². The van der Waals surface area contributed by atoms with E-state index in [0.717, 1.165) is 43.2 Å². The maximum atomic E-state index is 13.3. The van der Waals surface area contributed by atoms with Crippen LogP contribution in [0.5, 0.6) is 0 Å². The average Bonchev–Trinajstić information content (AvgIpc) is 3.16. The number of urea groups is 1. The first-order chi connectivity index (χ1) is 27.5. The van der Waals surface area contributed by atoms with Crippen LogP contribution in [0.3, 0.4) is 0 Å². The third-order valence-electron chi connectivity index (χ3n) is 9.52. The minimum absolute atomic E-state index is 0.0109. The molecule has 0 spiro atoms. The molecule has 0 radical (unpaired) electrons. The fourth-order valence-electron chi connectivity index (χ4n) is 6.30. The Hall–Kier alpha value is -4.91. The van der Waals surface area contributed by atoms with E-state index in [1.807, 2.05) is 60.7 Å². The molecule has 0 unspecified atom stereocenters. The second-order valence-electron chi connectivity index (χ2n) is 16.1. The van der Waals surface area contributed by atoms with Gasteiger partial charge in [0.15, 0.2) is 11.6 Å². The predicted molar refractivity (Wildman–Crippen MR) is 225 cm³/mol. The van der Waals surface area contributed by atoms with E-state index in [2.05, 4.69) is 21.3 Å². The highest BCUT2D eigenvalue weighted by Crippen LogP contribution is 2.14. The Kier molecular flexibility index (Phi) is 22.8. The number of carbonyl (C=O) groups is 7. The zero-order chi connectivity index (χ0) is 42.9. The topological polar surface area (TPSA) is 203 Å². The van der Waals surface area contributed by atoms with Crippen molar-refractivity contribution in [1.29, 1.82) is 0 Å². The molecule has 0 fully saturated rings. The van der Waals surface area contributed by atoms with E-state index in [0.29, 0.717) is 51.5 Å². The summed E-state index contributed by atoms with van der Waals surface area (Å²) in [7, 11) is 0. The van der Waals surface area contributed by atoms with Gasteiger partial charge in [0, 0.05) is 25.8 Å². The number of ketones is 3. The molecular formula is C45H67N5O8. The lowest BCUT2D eigenvalue weighted by molar-refractivity contribution is -0.157. The number of ether oxygens (including phenoxy) is 1. The van der Waals surface area contributed by atoms with Crippen molar-refractivity contribution in [2.45, 2.75) is 161 Å². The molecule has 58 heavy (non-hydrogen) atoms. The second-order valence-corrected chi connectivity index (χ2v) is 16.1. The van der Waals surface area contributed by atoms with Gasteiger partial charge in [-0.15, -0.1) is 0 Å². The fourth-order valence-corrected chi connectivity index (χ4v) is 6.30. The quantitative estimate of drug-likeness (QED) is 0.0536. The molecule has 2 rings (SSSR count). The van der Waals surface area contributed by atoms with Gasteiger partial charge >= 0.3 is 12.0 Å². The van der Waals surface area contributed by atoms with E-state index in [1.165, 1.54) is 13.8 Å². The normalized spacial score (nSPS) is 13.3. The van der Waals surface area contributed by atoms with Crippen LogP contribution in [0.2, 0.25) is 0 Å². The lowest BCUT2D eigenvalue weighted by Gasteiger charge is -2.25. The van der Waals surface area contributed by atoms with Gasteiger partial charge in [-0.2, -0.15) is 0 Å². The molecule has 0 heterocycles. The van der Waals surface area contributed by atoms with Crippen LogP contribution in [0, 0.1) is 0 Å². The van der Waals surface area contributed by atoms with Crippen molar-refractivity contribution in [3.8, 4) is 0 Å². The first-order valence-corrected chi connectivity index (χ1v) is 20.8. The van der Waals surface area contributed by atoms with Crippen LogP contribution in [0.25, 0.3) is 0 Å². The fraction of sp³-hybridized carbons (Fsp3) is 0.578. The summed E-state index contributed by atoms with van der Waals surface area (Å²) in [5.41, 5.74) is 7.37. The molecule has 2 aromatic carbocycles. The molecule has 0 aliphatic heterocycles. The summed E-state index contributed by atoms with van der Waals surface area (Å²) in [4.78, 5) is 87.7. The molecule has 2 aromatic rings. The maximum absolute atomic E-state index is 13.3. The minimum Gasteiger partial charge on any atom is -0.458 e. The van der Waals surface area contributed by atoms with E-state index in [-0.39, 0.29) is 48.4 Å². The Morgan fingerprint density at radius 2 is 1.17 bits per heavy atom. The molecule has 0 bridgehead atoms. The number of nitrogens with two attached hydrogens (primary N) is 1. The number of Topliss-reactive ketones (excluding diaryl/α,β-unsaturated/α-hetero) is 3. The van der Waals surface area contributed by atoms with Crippen LogP contribution >= 0.6 is 0 Å². The number of rotatable bonds is 28. The molecular weight excluding hydrogens is 739 g/mol. The Balaban J connectivity index is 1.68. The van der Waals surface area contributed by atoms with Crippen molar-refractivity contribution in [1.82, 2.24) is 21.3 Å². The van der Waals surface area contributed by atoms with Crippen molar-refractivity contribution in [2.24, 2.45) is 5.73 Å². The summed E-state index contributed by atoms with van der Waals surface area (Å²) in [5.74, 6) is -1.39. The molecule has 320 valence electrons.